The second-order valence-electron chi connectivity index (χ2n) is 6.36. The Morgan fingerprint density at radius 2 is 1.96 bits per heavy atom. The molecule has 0 saturated heterocycles. The molecular formula is C18H23ClN2O3. The standard InChI is InChI=1S/C18H23ClN2O3/c1-23-17-20-16(24-15-7-5-14(19)6-8-15)9-12-21(17)13-18(22)10-3-2-4-11-18/h5-9,12,17,22H,2-4,10-11,13H2,1H3. The third-order valence-corrected chi connectivity index (χ3v) is 4.69. The van der Waals surface area contributed by atoms with Crippen molar-refractivity contribution in [2.24, 2.45) is 4.99 Å². The summed E-state index contributed by atoms with van der Waals surface area (Å²) in [5.74, 6) is 1.13. The van der Waals surface area contributed by atoms with E-state index < -0.39 is 12.0 Å². The van der Waals surface area contributed by atoms with Crippen molar-refractivity contribution in [1.82, 2.24) is 4.90 Å². The van der Waals surface area contributed by atoms with Crippen LogP contribution in [-0.4, -0.2) is 41.5 Å². The van der Waals surface area contributed by atoms with Crippen molar-refractivity contribution in [3.63, 3.8) is 0 Å². The van der Waals surface area contributed by atoms with Crippen molar-refractivity contribution in [2.75, 3.05) is 13.7 Å². The molecule has 6 heteroatoms. The molecule has 0 bridgehead atoms. The van der Waals surface area contributed by atoms with Gasteiger partial charge in [0.1, 0.15) is 5.75 Å². The first-order valence-corrected chi connectivity index (χ1v) is 8.66. The van der Waals surface area contributed by atoms with Crippen molar-refractivity contribution in [1.29, 1.82) is 0 Å². The predicted octanol–water partition coefficient (Wildman–Crippen LogP) is 3.57. The maximum atomic E-state index is 10.7. The number of hydrogen-bond acceptors (Lipinski definition) is 5. The average molecular weight is 351 g/mol. The highest BCUT2D eigenvalue weighted by Crippen LogP contribution is 2.30. The van der Waals surface area contributed by atoms with Gasteiger partial charge in [0.2, 0.25) is 12.2 Å². The van der Waals surface area contributed by atoms with Gasteiger partial charge in [0.25, 0.3) is 0 Å². The fourth-order valence-electron chi connectivity index (χ4n) is 3.17. The molecule has 1 atom stereocenters. The first-order chi connectivity index (χ1) is 11.6. The van der Waals surface area contributed by atoms with Gasteiger partial charge in [0, 0.05) is 24.4 Å². The van der Waals surface area contributed by atoms with Gasteiger partial charge in [-0.3, -0.25) is 0 Å². The van der Waals surface area contributed by atoms with Gasteiger partial charge >= 0.3 is 0 Å². The van der Waals surface area contributed by atoms with Crippen LogP contribution in [0.15, 0.2) is 41.5 Å². The summed E-state index contributed by atoms with van der Waals surface area (Å²) in [6, 6.07) is 7.11. The molecule has 1 aromatic rings. The lowest BCUT2D eigenvalue weighted by Gasteiger charge is -2.39. The Bertz CT molecular complexity index is 609. The summed E-state index contributed by atoms with van der Waals surface area (Å²) in [6.45, 7) is 0.514. The maximum Gasteiger partial charge on any atom is 0.231 e. The van der Waals surface area contributed by atoms with Crippen LogP contribution in [0.3, 0.4) is 0 Å². The van der Waals surface area contributed by atoms with Crippen LogP contribution in [0, 0.1) is 0 Å². The van der Waals surface area contributed by atoms with Crippen LogP contribution in [0.1, 0.15) is 32.1 Å². The number of benzene rings is 1. The Hall–Kier alpha value is -1.56. The molecule has 2 aliphatic rings. The highest BCUT2D eigenvalue weighted by Gasteiger charge is 2.33. The highest BCUT2D eigenvalue weighted by molar-refractivity contribution is 6.30. The Kier molecular flexibility index (Phi) is 5.43. The first kappa shape index (κ1) is 17.3. The zero-order valence-electron chi connectivity index (χ0n) is 13.8. The summed E-state index contributed by atoms with van der Waals surface area (Å²) in [4.78, 5) is 6.38. The van der Waals surface area contributed by atoms with E-state index in [1.807, 2.05) is 11.1 Å². The van der Waals surface area contributed by atoms with Gasteiger partial charge in [-0.25, -0.2) is 0 Å². The minimum Gasteiger partial charge on any atom is -0.439 e. The fourth-order valence-corrected chi connectivity index (χ4v) is 3.30. The van der Waals surface area contributed by atoms with Crippen LogP contribution >= 0.6 is 11.6 Å². The number of ether oxygens (including phenoxy) is 2. The Morgan fingerprint density at radius 3 is 2.62 bits per heavy atom. The quantitative estimate of drug-likeness (QED) is 0.901. The van der Waals surface area contributed by atoms with E-state index in [4.69, 9.17) is 21.1 Å². The second kappa shape index (κ2) is 7.55. The van der Waals surface area contributed by atoms with E-state index in [2.05, 4.69) is 4.99 Å². The van der Waals surface area contributed by atoms with E-state index in [-0.39, 0.29) is 0 Å². The molecule has 0 radical (unpaired) electrons. The van der Waals surface area contributed by atoms with Crippen molar-refractivity contribution in [3.05, 3.63) is 41.6 Å². The van der Waals surface area contributed by atoms with E-state index in [1.54, 1.807) is 37.5 Å². The van der Waals surface area contributed by atoms with E-state index in [9.17, 15) is 5.11 Å². The van der Waals surface area contributed by atoms with Gasteiger partial charge in [-0.15, -0.1) is 0 Å². The second-order valence-corrected chi connectivity index (χ2v) is 6.79. The highest BCUT2D eigenvalue weighted by atomic mass is 35.5. The Morgan fingerprint density at radius 1 is 1.25 bits per heavy atom. The first-order valence-electron chi connectivity index (χ1n) is 8.28. The lowest BCUT2D eigenvalue weighted by atomic mass is 9.84. The molecule has 0 spiro atoms. The molecule has 24 heavy (non-hydrogen) atoms. The lowest BCUT2D eigenvalue weighted by molar-refractivity contribution is -0.0694. The molecule has 1 aliphatic heterocycles. The van der Waals surface area contributed by atoms with Gasteiger partial charge in [-0.05, 0) is 37.1 Å². The number of aliphatic imine (C=N–C) groups is 1. The average Bonchev–Trinajstić information content (AvgIpc) is 2.58. The van der Waals surface area contributed by atoms with Crippen molar-refractivity contribution in [2.45, 2.75) is 44.1 Å². The Balaban J connectivity index is 1.65. The van der Waals surface area contributed by atoms with Crippen LogP contribution in [0.2, 0.25) is 5.02 Å². The summed E-state index contributed by atoms with van der Waals surface area (Å²) in [5.41, 5.74) is -0.663. The molecule has 0 aromatic heterocycles. The van der Waals surface area contributed by atoms with Crippen LogP contribution < -0.4 is 4.74 Å². The van der Waals surface area contributed by atoms with Crippen molar-refractivity contribution < 1.29 is 14.6 Å². The molecule has 130 valence electrons. The number of methoxy groups -OCH3 is 1. The van der Waals surface area contributed by atoms with Crippen LogP contribution in [0.5, 0.6) is 5.75 Å². The van der Waals surface area contributed by atoms with Gasteiger partial charge in [-0.1, -0.05) is 30.9 Å². The SMILES string of the molecule is COC1N=C(Oc2ccc(Cl)cc2)C=CN1CC1(O)CCCCC1. The fraction of sp³-hybridized carbons (Fsp3) is 0.500. The van der Waals surface area contributed by atoms with E-state index in [0.717, 1.165) is 25.7 Å². The summed E-state index contributed by atoms with van der Waals surface area (Å²) >= 11 is 5.87. The van der Waals surface area contributed by atoms with E-state index in [1.165, 1.54) is 6.42 Å². The zero-order valence-corrected chi connectivity index (χ0v) is 14.6. The topological polar surface area (TPSA) is 54.3 Å². The number of β-amino-alcohol motifs (C(OH)–C–C–N with tert-alkyl or cyclic N) is 1. The van der Waals surface area contributed by atoms with Gasteiger partial charge in [-0.2, -0.15) is 4.99 Å². The molecule has 1 fully saturated rings. The van der Waals surface area contributed by atoms with Crippen LogP contribution in [0.4, 0.5) is 0 Å². The number of nitrogens with zero attached hydrogens (tertiary/aromatic N) is 2. The van der Waals surface area contributed by atoms with Crippen LogP contribution in [-0.2, 0) is 4.74 Å². The molecule has 1 aromatic carbocycles. The molecule has 3 rings (SSSR count). The molecular weight excluding hydrogens is 328 g/mol. The molecule has 0 amide bonds. The van der Waals surface area contributed by atoms with Gasteiger partial charge in [0.05, 0.1) is 12.1 Å². The van der Waals surface area contributed by atoms with E-state index >= 15 is 0 Å². The lowest BCUT2D eigenvalue weighted by Crippen LogP contribution is -2.47. The minimum absolute atomic E-state index is 0.469. The number of rotatable bonds is 4. The normalized spacial score (nSPS) is 23.0. The van der Waals surface area contributed by atoms with Gasteiger partial charge < -0.3 is 19.5 Å². The molecule has 1 heterocycles. The van der Waals surface area contributed by atoms with Gasteiger partial charge in [0.15, 0.2) is 0 Å². The summed E-state index contributed by atoms with van der Waals surface area (Å²) in [7, 11) is 1.60. The summed E-state index contributed by atoms with van der Waals surface area (Å²) < 4.78 is 11.2. The smallest absolute Gasteiger partial charge is 0.231 e. The predicted molar refractivity (Wildman–Crippen MR) is 94.2 cm³/mol. The Labute approximate surface area is 147 Å². The summed E-state index contributed by atoms with van der Waals surface area (Å²) in [6.07, 6.45) is 8.15. The molecule has 1 unspecified atom stereocenters. The summed E-state index contributed by atoms with van der Waals surface area (Å²) in [5, 5.41) is 11.4. The van der Waals surface area contributed by atoms with Crippen LogP contribution in [0.25, 0.3) is 0 Å². The molecule has 5 nitrogen and oxygen atoms in total. The maximum absolute atomic E-state index is 10.7. The largest absolute Gasteiger partial charge is 0.439 e. The molecule has 1 saturated carbocycles. The van der Waals surface area contributed by atoms with Crippen molar-refractivity contribution in [3.8, 4) is 5.75 Å². The number of hydrogen-bond donors (Lipinski definition) is 1. The monoisotopic (exact) mass is 350 g/mol. The minimum atomic E-state index is -0.663. The molecule has 1 aliphatic carbocycles. The third kappa shape index (κ3) is 4.29. The number of aliphatic hydroxyl groups is 1. The molecule has 1 N–H and O–H groups in total. The zero-order chi connectivity index (χ0) is 17.0. The number of halogens is 1. The third-order valence-electron chi connectivity index (χ3n) is 4.44. The van der Waals surface area contributed by atoms with Crippen molar-refractivity contribution >= 4 is 17.5 Å². The van der Waals surface area contributed by atoms with E-state index in [0.29, 0.717) is 23.2 Å².